The van der Waals surface area contributed by atoms with Gasteiger partial charge in [0.2, 0.25) is 5.83 Å². The fraction of sp³-hybridized carbons (Fsp3) is 0.600. The molecule has 0 amide bonds. The van der Waals surface area contributed by atoms with Crippen LogP contribution in [0.25, 0.3) is 0 Å². The van der Waals surface area contributed by atoms with Crippen molar-refractivity contribution in [3.8, 4) is 0 Å². The number of rotatable bonds is 2. The van der Waals surface area contributed by atoms with E-state index < -0.39 is 39.1 Å². The van der Waals surface area contributed by atoms with Crippen molar-refractivity contribution in [3.05, 3.63) is 11.9 Å². The molecule has 0 aromatic heterocycles. The summed E-state index contributed by atoms with van der Waals surface area (Å²) in [6, 6.07) is 0. The first kappa shape index (κ1) is 14.2. The molecule has 1 heterocycles. The van der Waals surface area contributed by atoms with E-state index in [4.69, 9.17) is 0 Å². The molecule has 0 aliphatic carbocycles. The van der Waals surface area contributed by atoms with Gasteiger partial charge in [0.15, 0.2) is 0 Å². The lowest BCUT2D eigenvalue weighted by atomic mass is 10.1. The summed E-state index contributed by atoms with van der Waals surface area (Å²) in [6.45, 7) is 0. The second-order valence-electron chi connectivity index (χ2n) is 2.80. The summed E-state index contributed by atoms with van der Waals surface area (Å²) in [4.78, 5) is 0. The Balaban J connectivity index is 3.47. The van der Waals surface area contributed by atoms with E-state index in [9.17, 15) is 43.5 Å². The van der Waals surface area contributed by atoms with E-state index in [-0.39, 0.29) is 0 Å². The summed E-state index contributed by atoms with van der Waals surface area (Å²) in [5, 5.41) is -5.92. The maximum absolute atomic E-state index is 13.0. The molecule has 1 aliphatic rings. The van der Waals surface area contributed by atoms with Crippen molar-refractivity contribution < 1.29 is 47.7 Å². The molecular weight excluding hydrogens is 292 g/mol. The van der Waals surface area contributed by atoms with Crippen LogP contribution in [0.5, 0.6) is 0 Å². The molecule has 0 aromatic carbocycles. The number of hydrogen-bond acceptors (Lipinski definition) is 3. The zero-order valence-electron chi connectivity index (χ0n) is 7.16. The van der Waals surface area contributed by atoms with Crippen molar-refractivity contribution in [1.29, 1.82) is 0 Å². The third-order valence-corrected chi connectivity index (χ3v) is 3.39. The van der Waals surface area contributed by atoms with E-state index in [2.05, 4.69) is 4.18 Å². The highest BCUT2D eigenvalue weighted by Crippen LogP contribution is 2.60. The van der Waals surface area contributed by atoms with Crippen molar-refractivity contribution in [1.82, 2.24) is 0 Å². The molecule has 0 saturated carbocycles. The van der Waals surface area contributed by atoms with Crippen LogP contribution in [0.1, 0.15) is 0 Å². The molecular formula is C5F8O3S. The molecule has 3 nitrogen and oxygen atoms in total. The van der Waals surface area contributed by atoms with E-state index in [0.29, 0.717) is 0 Å². The van der Waals surface area contributed by atoms with E-state index in [1.807, 2.05) is 0 Å². The zero-order valence-corrected chi connectivity index (χ0v) is 7.97. The standard InChI is InChI=1S/C5F8O3S/c6-1(2(7)8)3(9,10)4(11)5(12,13)16-17(4,14)15. The third-order valence-electron chi connectivity index (χ3n) is 1.78. The van der Waals surface area contributed by atoms with Crippen molar-refractivity contribution in [2.45, 2.75) is 17.0 Å². The minimum atomic E-state index is -6.29. The Morgan fingerprint density at radius 3 is 1.71 bits per heavy atom. The topological polar surface area (TPSA) is 43.4 Å². The van der Waals surface area contributed by atoms with Crippen molar-refractivity contribution >= 4 is 10.1 Å². The number of alkyl halides is 5. The largest absolute Gasteiger partial charge is 0.427 e. The molecule has 17 heavy (non-hydrogen) atoms. The van der Waals surface area contributed by atoms with Crippen LogP contribution in [0.4, 0.5) is 35.1 Å². The predicted octanol–water partition coefficient (Wildman–Crippen LogP) is 2.32. The van der Waals surface area contributed by atoms with Gasteiger partial charge in [-0.05, 0) is 0 Å². The monoisotopic (exact) mass is 292 g/mol. The Hall–Kier alpha value is -0.910. The lowest BCUT2D eigenvalue weighted by Crippen LogP contribution is -2.72. The first-order valence-corrected chi connectivity index (χ1v) is 4.83. The molecule has 1 atom stereocenters. The van der Waals surface area contributed by atoms with Gasteiger partial charge in [-0.15, -0.1) is 0 Å². The van der Waals surface area contributed by atoms with Crippen LogP contribution in [-0.2, 0) is 14.3 Å². The zero-order chi connectivity index (χ0) is 13.9. The second kappa shape index (κ2) is 3.31. The highest BCUT2D eigenvalue weighted by Gasteiger charge is 2.90. The number of halogens is 8. The highest BCUT2D eigenvalue weighted by molar-refractivity contribution is 7.89. The Morgan fingerprint density at radius 2 is 1.47 bits per heavy atom. The first-order valence-electron chi connectivity index (χ1n) is 3.42. The molecule has 0 radical (unpaired) electrons. The fourth-order valence-corrected chi connectivity index (χ4v) is 2.08. The Bertz CT molecular complexity index is 477. The highest BCUT2D eigenvalue weighted by atomic mass is 32.2. The fourth-order valence-electron chi connectivity index (χ4n) is 0.960. The average molecular weight is 292 g/mol. The van der Waals surface area contributed by atoms with Crippen LogP contribution in [0.3, 0.4) is 0 Å². The smallest absolute Gasteiger partial charge is 0.206 e. The maximum atomic E-state index is 13.0. The second-order valence-corrected chi connectivity index (χ2v) is 4.44. The van der Waals surface area contributed by atoms with Gasteiger partial charge in [-0.25, -0.2) is 4.39 Å². The van der Waals surface area contributed by atoms with Gasteiger partial charge in [0.1, 0.15) is 0 Å². The van der Waals surface area contributed by atoms with Crippen LogP contribution in [0, 0.1) is 0 Å². The predicted molar refractivity (Wildman–Crippen MR) is 34.1 cm³/mol. The van der Waals surface area contributed by atoms with Crippen LogP contribution in [-0.4, -0.2) is 25.4 Å². The van der Waals surface area contributed by atoms with E-state index in [1.165, 1.54) is 0 Å². The van der Waals surface area contributed by atoms with Gasteiger partial charge in [0, 0.05) is 0 Å². The summed E-state index contributed by atoms with van der Waals surface area (Å²) in [6.07, 6.45) is -9.48. The molecule has 1 saturated heterocycles. The van der Waals surface area contributed by atoms with Crippen LogP contribution in [0.15, 0.2) is 11.9 Å². The van der Waals surface area contributed by atoms with Gasteiger partial charge < -0.3 is 0 Å². The quantitative estimate of drug-likeness (QED) is 0.579. The Labute approximate surface area is 87.8 Å². The molecule has 12 heteroatoms. The van der Waals surface area contributed by atoms with Crippen molar-refractivity contribution in [2.75, 3.05) is 0 Å². The SMILES string of the molecule is O=S1(=O)OC(F)(F)C1(F)C(F)(F)C(F)=C(F)F. The molecule has 100 valence electrons. The molecule has 1 fully saturated rings. The van der Waals surface area contributed by atoms with Crippen molar-refractivity contribution in [2.24, 2.45) is 0 Å². The molecule has 0 aromatic rings. The summed E-state index contributed by atoms with van der Waals surface area (Å²) in [7, 11) is -6.24. The lowest BCUT2D eigenvalue weighted by molar-refractivity contribution is -0.323. The molecule has 0 N–H and O–H groups in total. The minimum Gasteiger partial charge on any atom is -0.206 e. The molecule has 1 unspecified atom stereocenters. The van der Waals surface area contributed by atoms with Crippen LogP contribution in [0.2, 0.25) is 0 Å². The van der Waals surface area contributed by atoms with Crippen LogP contribution < -0.4 is 0 Å². The van der Waals surface area contributed by atoms with Gasteiger partial charge in [-0.3, -0.25) is 0 Å². The van der Waals surface area contributed by atoms with Crippen LogP contribution >= 0.6 is 0 Å². The molecule has 1 rings (SSSR count). The summed E-state index contributed by atoms with van der Waals surface area (Å²) < 4.78 is 121. The van der Waals surface area contributed by atoms with Gasteiger partial charge >= 0.3 is 33.2 Å². The van der Waals surface area contributed by atoms with E-state index >= 15 is 0 Å². The summed E-state index contributed by atoms with van der Waals surface area (Å²) >= 11 is 0. The Kier molecular flexibility index (Phi) is 2.75. The van der Waals surface area contributed by atoms with Gasteiger partial charge in [-0.2, -0.15) is 43.3 Å². The van der Waals surface area contributed by atoms with Gasteiger partial charge in [-0.1, -0.05) is 0 Å². The number of hydrogen-bond donors (Lipinski definition) is 0. The third kappa shape index (κ3) is 1.46. The maximum Gasteiger partial charge on any atom is 0.427 e. The summed E-state index contributed by atoms with van der Waals surface area (Å²) in [5.74, 6) is -10.2. The van der Waals surface area contributed by atoms with Gasteiger partial charge in [0.05, 0.1) is 0 Å². The molecule has 0 bridgehead atoms. The lowest BCUT2D eigenvalue weighted by Gasteiger charge is -2.42. The number of allylic oxidation sites excluding steroid dienone is 1. The summed E-state index contributed by atoms with van der Waals surface area (Å²) in [5.41, 5.74) is 0. The first-order chi connectivity index (χ1) is 7.31. The van der Waals surface area contributed by atoms with E-state index in [0.717, 1.165) is 0 Å². The average Bonchev–Trinajstić information content (AvgIpc) is 2.12. The van der Waals surface area contributed by atoms with Gasteiger partial charge in [0.25, 0.3) is 0 Å². The minimum absolute atomic E-state index is 2.50. The van der Waals surface area contributed by atoms with E-state index in [1.54, 1.807) is 0 Å². The molecule has 1 aliphatic heterocycles. The van der Waals surface area contributed by atoms with Crippen molar-refractivity contribution in [3.63, 3.8) is 0 Å². The molecule has 0 spiro atoms. The normalized spacial score (nSPS) is 30.6. The Morgan fingerprint density at radius 1 is 1.06 bits per heavy atom.